The lowest BCUT2D eigenvalue weighted by atomic mass is 10.1. The highest BCUT2D eigenvalue weighted by atomic mass is 79.9. The van der Waals surface area contributed by atoms with Crippen LogP contribution >= 0.6 is 43.6 Å². The Morgan fingerprint density at radius 3 is 2.58 bits per heavy atom. The molecule has 1 saturated heterocycles. The van der Waals surface area contributed by atoms with Crippen molar-refractivity contribution in [3.63, 3.8) is 0 Å². The molecule has 0 saturated carbocycles. The highest BCUT2D eigenvalue weighted by molar-refractivity contribution is 9.10. The summed E-state index contributed by atoms with van der Waals surface area (Å²) >= 11 is 8.52. The van der Waals surface area contributed by atoms with Gasteiger partial charge in [-0.05, 0) is 42.0 Å². The molecule has 0 aliphatic carbocycles. The second kappa shape index (κ2) is 7.21. The number of hydrogen-bond acceptors (Lipinski definition) is 4. The van der Waals surface area contributed by atoms with E-state index in [4.69, 9.17) is 4.42 Å². The number of carbonyl (C=O) groups is 1. The summed E-state index contributed by atoms with van der Waals surface area (Å²) in [6.07, 6.45) is 0. The lowest BCUT2D eigenvalue weighted by molar-refractivity contribution is 0.0756. The fourth-order valence-corrected chi connectivity index (χ4v) is 4.88. The molecule has 1 aromatic heterocycles. The van der Waals surface area contributed by atoms with Gasteiger partial charge in [0.15, 0.2) is 0 Å². The van der Waals surface area contributed by atoms with E-state index < -0.39 is 5.63 Å². The Morgan fingerprint density at radius 2 is 1.81 bits per heavy atom. The number of thioether (sulfide) groups is 1. The van der Waals surface area contributed by atoms with Crippen LogP contribution in [-0.2, 0) is 0 Å². The predicted octanol–water partition coefficient (Wildman–Crippen LogP) is 5.21. The van der Waals surface area contributed by atoms with Gasteiger partial charge in [0.1, 0.15) is 16.5 Å². The molecule has 0 bridgehead atoms. The van der Waals surface area contributed by atoms with Crippen LogP contribution in [0.25, 0.3) is 11.0 Å². The first-order chi connectivity index (χ1) is 12.5. The Hall–Kier alpha value is -1.57. The molecule has 0 N–H and O–H groups in total. The van der Waals surface area contributed by atoms with Crippen molar-refractivity contribution in [3.8, 4) is 0 Å². The zero-order valence-electron chi connectivity index (χ0n) is 13.4. The van der Waals surface area contributed by atoms with Crippen molar-refractivity contribution in [2.24, 2.45) is 0 Å². The first-order valence-electron chi connectivity index (χ1n) is 7.94. The van der Waals surface area contributed by atoms with Crippen LogP contribution < -0.4 is 5.63 Å². The molecule has 4 rings (SSSR count). The molecular formula is C19H13Br2NO3S. The van der Waals surface area contributed by atoms with Gasteiger partial charge in [-0.3, -0.25) is 4.79 Å². The zero-order chi connectivity index (χ0) is 18.3. The van der Waals surface area contributed by atoms with E-state index in [1.165, 1.54) is 0 Å². The fraction of sp³-hybridized carbons (Fsp3) is 0.158. The molecular weight excluding hydrogens is 482 g/mol. The van der Waals surface area contributed by atoms with Crippen LogP contribution in [0.3, 0.4) is 0 Å². The minimum atomic E-state index is -0.601. The van der Waals surface area contributed by atoms with Crippen LogP contribution in [0.5, 0.6) is 0 Å². The van der Waals surface area contributed by atoms with Gasteiger partial charge in [0.25, 0.3) is 5.91 Å². The lowest BCUT2D eigenvalue weighted by Crippen LogP contribution is -2.33. The van der Waals surface area contributed by atoms with Crippen LogP contribution in [0.15, 0.2) is 66.7 Å². The molecule has 1 aliphatic heterocycles. The van der Waals surface area contributed by atoms with E-state index in [2.05, 4.69) is 31.9 Å². The van der Waals surface area contributed by atoms with Gasteiger partial charge in [-0.15, -0.1) is 11.8 Å². The van der Waals surface area contributed by atoms with Crippen LogP contribution in [0, 0.1) is 0 Å². The van der Waals surface area contributed by atoms with Gasteiger partial charge in [0, 0.05) is 26.6 Å². The number of benzene rings is 2. The van der Waals surface area contributed by atoms with Crippen molar-refractivity contribution in [2.75, 3.05) is 12.3 Å². The Morgan fingerprint density at radius 1 is 1.08 bits per heavy atom. The molecule has 1 atom stereocenters. The quantitative estimate of drug-likeness (QED) is 0.459. The molecule has 0 spiro atoms. The highest BCUT2D eigenvalue weighted by Gasteiger charge is 2.32. The third kappa shape index (κ3) is 3.35. The Kier molecular flexibility index (Phi) is 4.94. The Balaban J connectivity index is 1.72. The molecule has 3 aromatic rings. The normalized spacial score (nSPS) is 17.0. The molecule has 132 valence electrons. The molecule has 1 fully saturated rings. The van der Waals surface area contributed by atoms with Crippen LogP contribution in [0.1, 0.15) is 21.3 Å². The fourth-order valence-electron chi connectivity index (χ4n) is 2.98. The largest absolute Gasteiger partial charge is 0.422 e. The van der Waals surface area contributed by atoms with E-state index in [0.717, 1.165) is 25.6 Å². The van der Waals surface area contributed by atoms with Crippen LogP contribution in [0.4, 0.5) is 0 Å². The maximum Gasteiger partial charge on any atom is 0.349 e. The summed E-state index contributed by atoms with van der Waals surface area (Å²) in [5.41, 5.74) is 0.975. The average Bonchev–Trinajstić information content (AvgIpc) is 3.11. The highest BCUT2D eigenvalue weighted by Crippen LogP contribution is 2.39. The summed E-state index contributed by atoms with van der Waals surface area (Å²) in [7, 11) is 0. The van der Waals surface area contributed by atoms with Crippen molar-refractivity contribution in [1.82, 2.24) is 4.90 Å². The molecule has 4 nitrogen and oxygen atoms in total. The number of rotatable bonds is 2. The summed E-state index contributed by atoms with van der Waals surface area (Å²) in [5, 5.41) is 0.613. The summed E-state index contributed by atoms with van der Waals surface area (Å²) in [5.74, 6) is 0.537. The van der Waals surface area contributed by atoms with E-state index >= 15 is 0 Å². The second-order valence-electron chi connectivity index (χ2n) is 5.90. The second-order valence-corrected chi connectivity index (χ2v) is 8.92. The van der Waals surface area contributed by atoms with Crippen molar-refractivity contribution in [2.45, 2.75) is 5.37 Å². The van der Waals surface area contributed by atoms with Gasteiger partial charge >= 0.3 is 5.63 Å². The van der Waals surface area contributed by atoms with Crippen molar-refractivity contribution < 1.29 is 9.21 Å². The molecule has 1 aliphatic rings. The van der Waals surface area contributed by atoms with Gasteiger partial charge in [0.05, 0.1) is 0 Å². The summed E-state index contributed by atoms with van der Waals surface area (Å²) in [4.78, 5) is 27.2. The monoisotopic (exact) mass is 493 g/mol. The minimum absolute atomic E-state index is 0.0696. The lowest BCUT2D eigenvalue weighted by Gasteiger charge is -2.24. The first kappa shape index (κ1) is 17.8. The van der Waals surface area contributed by atoms with E-state index in [9.17, 15) is 9.59 Å². The number of hydrogen-bond donors (Lipinski definition) is 0. The maximum absolute atomic E-state index is 13.1. The minimum Gasteiger partial charge on any atom is -0.422 e. The Bertz CT molecular complexity index is 1050. The third-order valence-corrected chi connectivity index (χ3v) is 6.51. The van der Waals surface area contributed by atoms with Crippen LogP contribution in [0.2, 0.25) is 0 Å². The van der Waals surface area contributed by atoms with E-state index in [1.54, 1.807) is 34.9 Å². The van der Waals surface area contributed by atoms with Crippen molar-refractivity contribution >= 4 is 60.5 Å². The third-order valence-electron chi connectivity index (χ3n) is 4.23. The van der Waals surface area contributed by atoms with Gasteiger partial charge in [-0.2, -0.15) is 0 Å². The zero-order valence-corrected chi connectivity index (χ0v) is 17.4. The number of fused-ring (bicyclic) bond motifs is 1. The SMILES string of the molecule is O=C(c1cc2cc(Br)ccc2oc1=O)N1CCS[C@@H]1c1ccc(Br)cc1. The first-order valence-corrected chi connectivity index (χ1v) is 10.6. The summed E-state index contributed by atoms with van der Waals surface area (Å²) in [6, 6.07) is 14.9. The number of amides is 1. The smallest absolute Gasteiger partial charge is 0.349 e. The summed E-state index contributed by atoms with van der Waals surface area (Å²) < 4.78 is 7.20. The number of nitrogens with zero attached hydrogens (tertiary/aromatic N) is 1. The number of carbonyl (C=O) groups excluding carboxylic acids is 1. The number of halogens is 2. The molecule has 0 unspecified atom stereocenters. The standard InChI is InChI=1S/C19H13Br2NO3S/c20-13-3-1-11(2-4-13)18-22(7-8-26-18)17(23)15-10-12-9-14(21)5-6-16(12)25-19(15)24/h1-6,9-10,18H,7-8H2/t18-/m1/s1. The molecule has 2 heterocycles. The van der Waals surface area contributed by atoms with Gasteiger partial charge < -0.3 is 9.32 Å². The topological polar surface area (TPSA) is 50.5 Å². The maximum atomic E-state index is 13.1. The molecule has 2 aromatic carbocycles. The predicted molar refractivity (Wildman–Crippen MR) is 111 cm³/mol. The van der Waals surface area contributed by atoms with E-state index in [0.29, 0.717) is 12.1 Å². The molecule has 1 amide bonds. The molecule has 7 heteroatoms. The molecule has 0 radical (unpaired) electrons. The Labute approximate surface area is 170 Å². The van der Waals surface area contributed by atoms with Crippen molar-refractivity contribution in [3.05, 3.63) is 79.0 Å². The molecule has 26 heavy (non-hydrogen) atoms. The van der Waals surface area contributed by atoms with Gasteiger partial charge in [0.2, 0.25) is 0 Å². The van der Waals surface area contributed by atoms with E-state index in [1.807, 2.05) is 30.3 Å². The van der Waals surface area contributed by atoms with Crippen molar-refractivity contribution in [1.29, 1.82) is 0 Å². The van der Waals surface area contributed by atoms with Crippen LogP contribution in [-0.4, -0.2) is 23.1 Å². The average molecular weight is 495 g/mol. The van der Waals surface area contributed by atoms with E-state index in [-0.39, 0.29) is 16.8 Å². The van der Waals surface area contributed by atoms with Gasteiger partial charge in [-0.25, -0.2) is 4.79 Å². The summed E-state index contributed by atoms with van der Waals surface area (Å²) in [6.45, 7) is 0.597. The van der Waals surface area contributed by atoms with Gasteiger partial charge in [-0.1, -0.05) is 44.0 Å².